The van der Waals surface area contributed by atoms with E-state index in [9.17, 15) is 16.8 Å². The van der Waals surface area contributed by atoms with Crippen molar-refractivity contribution in [1.29, 1.82) is 0 Å². The minimum Gasteiger partial charge on any atom is -0.379 e. The van der Waals surface area contributed by atoms with E-state index in [4.69, 9.17) is 4.18 Å². The first-order chi connectivity index (χ1) is 12.8. The predicted octanol–water partition coefficient (Wildman–Crippen LogP) is 3.13. The van der Waals surface area contributed by atoms with E-state index in [-0.39, 0.29) is 21.3 Å². The van der Waals surface area contributed by atoms with E-state index in [0.29, 0.717) is 5.56 Å². The first kappa shape index (κ1) is 19.1. The zero-order chi connectivity index (χ0) is 19.5. The minimum absolute atomic E-state index is 0.0291. The van der Waals surface area contributed by atoms with Crippen LogP contribution in [0.25, 0.3) is 0 Å². The summed E-state index contributed by atoms with van der Waals surface area (Å²) < 4.78 is 54.6. The van der Waals surface area contributed by atoms with Crippen molar-refractivity contribution in [3.63, 3.8) is 0 Å². The second-order valence-electron chi connectivity index (χ2n) is 5.94. The van der Waals surface area contributed by atoms with Crippen LogP contribution in [-0.4, -0.2) is 21.8 Å². The monoisotopic (exact) mass is 403 g/mol. The number of hydrogen-bond donors (Lipinski definition) is 0. The van der Waals surface area contributed by atoms with Gasteiger partial charge in [0.1, 0.15) is 10.6 Å². The van der Waals surface area contributed by atoms with Crippen molar-refractivity contribution in [3.05, 3.63) is 84.2 Å². The van der Waals surface area contributed by atoms with Gasteiger partial charge in [-0.3, -0.25) is 4.98 Å². The van der Waals surface area contributed by atoms with Crippen LogP contribution in [-0.2, 0) is 25.7 Å². The van der Waals surface area contributed by atoms with Crippen LogP contribution in [0.4, 0.5) is 0 Å². The third-order valence-electron chi connectivity index (χ3n) is 3.78. The maximum absolute atomic E-state index is 12.5. The quantitative estimate of drug-likeness (QED) is 0.588. The molecule has 0 aliphatic rings. The number of hydrogen-bond acceptors (Lipinski definition) is 6. The van der Waals surface area contributed by atoms with Crippen molar-refractivity contribution in [2.75, 3.05) is 0 Å². The Morgan fingerprint density at radius 3 is 2.07 bits per heavy atom. The molecule has 0 aliphatic carbocycles. The molecule has 0 atom stereocenters. The van der Waals surface area contributed by atoms with Crippen LogP contribution in [0, 0.1) is 6.92 Å². The maximum atomic E-state index is 12.5. The molecule has 0 N–H and O–H groups in total. The lowest BCUT2D eigenvalue weighted by Crippen LogP contribution is -2.10. The first-order valence-corrected chi connectivity index (χ1v) is 11.1. The van der Waals surface area contributed by atoms with Crippen molar-refractivity contribution in [2.45, 2.75) is 22.5 Å². The van der Waals surface area contributed by atoms with Crippen molar-refractivity contribution in [2.24, 2.45) is 0 Å². The van der Waals surface area contributed by atoms with Crippen molar-refractivity contribution in [3.8, 4) is 5.75 Å². The van der Waals surface area contributed by atoms with Gasteiger partial charge < -0.3 is 4.18 Å². The highest BCUT2D eigenvalue weighted by Crippen LogP contribution is 2.23. The number of rotatable bonds is 6. The lowest BCUT2D eigenvalue weighted by Gasteiger charge is -2.09. The molecule has 140 valence electrons. The van der Waals surface area contributed by atoms with Gasteiger partial charge in [-0.15, -0.1) is 0 Å². The van der Waals surface area contributed by atoms with E-state index in [1.165, 1.54) is 42.6 Å². The van der Waals surface area contributed by atoms with Gasteiger partial charge in [0.2, 0.25) is 0 Å². The largest absolute Gasteiger partial charge is 0.379 e. The fourth-order valence-corrected chi connectivity index (χ4v) is 4.63. The van der Waals surface area contributed by atoms with E-state index >= 15 is 0 Å². The SMILES string of the molecule is Cc1ccc(S(=O)(=O)Oc2ccc(S(=O)(=O)Cc3cccnc3)cc2)cc1. The Bertz CT molecular complexity index is 1120. The van der Waals surface area contributed by atoms with Gasteiger partial charge in [-0.05, 0) is 55.0 Å². The molecule has 2 aromatic carbocycles. The first-order valence-electron chi connectivity index (χ1n) is 7.99. The summed E-state index contributed by atoms with van der Waals surface area (Å²) in [4.78, 5) is 4.00. The molecule has 0 spiro atoms. The van der Waals surface area contributed by atoms with E-state index < -0.39 is 20.0 Å². The fraction of sp³-hybridized carbons (Fsp3) is 0.105. The summed E-state index contributed by atoms with van der Waals surface area (Å²) in [7, 11) is -7.56. The van der Waals surface area contributed by atoms with Crippen LogP contribution in [0.1, 0.15) is 11.1 Å². The summed E-state index contributed by atoms with van der Waals surface area (Å²) in [6.07, 6.45) is 3.06. The lowest BCUT2D eigenvalue weighted by molar-refractivity contribution is 0.486. The molecule has 0 saturated heterocycles. The van der Waals surface area contributed by atoms with E-state index in [1.54, 1.807) is 30.5 Å². The molecule has 8 heteroatoms. The molecule has 3 rings (SSSR count). The van der Waals surface area contributed by atoms with Crippen molar-refractivity contribution < 1.29 is 21.0 Å². The topological polar surface area (TPSA) is 90.4 Å². The van der Waals surface area contributed by atoms with E-state index in [0.717, 1.165) is 5.56 Å². The highest BCUT2D eigenvalue weighted by atomic mass is 32.2. The Labute approximate surface area is 158 Å². The van der Waals surface area contributed by atoms with Gasteiger partial charge >= 0.3 is 10.1 Å². The van der Waals surface area contributed by atoms with Gasteiger partial charge in [-0.2, -0.15) is 8.42 Å². The molecular weight excluding hydrogens is 386 g/mol. The van der Waals surface area contributed by atoms with Crippen LogP contribution in [0.15, 0.2) is 82.8 Å². The zero-order valence-electron chi connectivity index (χ0n) is 14.4. The molecular formula is C19H17NO5S2. The molecule has 0 saturated carbocycles. The molecule has 0 aliphatic heterocycles. The van der Waals surface area contributed by atoms with Crippen molar-refractivity contribution >= 4 is 20.0 Å². The summed E-state index contributed by atoms with van der Waals surface area (Å²) in [6.45, 7) is 1.85. The number of aryl methyl sites for hydroxylation is 1. The summed E-state index contributed by atoms with van der Waals surface area (Å²) in [6, 6.07) is 14.9. The average molecular weight is 403 g/mol. The standard InChI is InChI=1S/C19H17NO5S2/c1-15-4-8-19(9-5-15)27(23,24)25-17-6-10-18(11-7-17)26(21,22)14-16-3-2-12-20-13-16/h2-13H,14H2,1H3. The minimum atomic E-state index is -3.98. The normalized spacial score (nSPS) is 11.9. The Morgan fingerprint density at radius 1 is 0.852 bits per heavy atom. The summed E-state index contributed by atoms with van der Waals surface area (Å²) in [5.74, 6) is -0.154. The molecule has 0 radical (unpaired) electrons. The van der Waals surface area contributed by atoms with Crippen LogP contribution >= 0.6 is 0 Å². The Hall–Kier alpha value is -2.71. The molecule has 1 aromatic heterocycles. The number of pyridine rings is 1. The molecule has 0 unspecified atom stereocenters. The van der Waals surface area contributed by atoms with Crippen LogP contribution in [0.2, 0.25) is 0 Å². The summed E-state index contributed by atoms with van der Waals surface area (Å²) >= 11 is 0. The molecule has 0 amide bonds. The average Bonchev–Trinajstić information content (AvgIpc) is 2.63. The summed E-state index contributed by atoms with van der Waals surface area (Å²) in [5.41, 5.74) is 1.50. The van der Waals surface area contributed by atoms with Gasteiger partial charge in [0, 0.05) is 12.4 Å². The Balaban J connectivity index is 1.78. The van der Waals surface area contributed by atoms with E-state index in [1.807, 2.05) is 6.92 Å². The third kappa shape index (κ3) is 4.72. The molecule has 6 nitrogen and oxygen atoms in total. The van der Waals surface area contributed by atoms with Gasteiger partial charge in [-0.25, -0.2) is 8.42 Å². The number of sulfone groups is 1. The summed E-state index contributed by atoms with van der Waals surface area (Å²) in [5, 5.41) is 0. The second kappa shape index (κ2) is 7.50. The highest BCUT2D eigenvalue weighted by molar-refractivity contribution is 7.90. The van der Waals surface area contributed by atoms with Gasteiger partial charge in [0.25, 0.3) is 0 Å². The van der Waals surface area contributed by atoms with Gasteiger partial charge in [-0.1, -0.05) is 23.8 Å². The fourth-order valence-electron chi connectivity index (χ4n) is 2.37. The Kier molecular flexibility index (Phi) is 5.29. The van der Waals surface area contributed by atoms with Gasteiger partial charge in [0.15, 0.2) is 9.84 Å². The number of aromatic nitrogens is 1. The molecule has 1 heterocycles. The number of benzene rings is 2. The molecule has 27 heavy (non-hydrogen) atoms. The smallest absolute Gasteiger partial charge is 0.339 e. The van der Waals surface area contributed by atoms with Crippen LogP contribution in [0.3, 0.4) is 0 Å². The van der Waals surface area contributed by atoms with E-state index in [2.05, 4.69) is 4.98 Å². The Morgan fingerprint density at radius 2 is 1.48 bits per heavy atom. The second-order valence-corrected chi connectivity index (χ2v) is 9.48. The maximum Gasteiger partial charge on any atom is 0.339 e. The van der Waals surface area contributed by atoms with Crippen LogP contribution in [0.5, 0.6) is 5.75 Å². The van der Waals surface area contributed by atoms with Crippen LogP contribution < -0.4 is 4.18 Å². The highest BCUT2D eigenvalue weighted by Gasteiger charge is 2.19. The molecule has 0 bridgehead atoms. The zero-order valence-corrected chi connectivity index (χ0v) is 16.1. The third-order valence-corrected chi connectivity index (χ3v) is 6.74. The van der Waals surface area contributed by atoms with Crippen molar-refractivity contribution in [1.82, 2.24) is 4.98 Å². The molecule has 0 fully saturated rings. The number of nitrogens with zero attached hydrogens (tertiary/aromatic N) is 1. The predicted molar refractivity (Wildman–Crippen MR) is 101 cm³/mol. The lowest BCUT2D eigenvalue weighted by atomic mass is 10.2. The van der Waals surface area contributed by atoms with Gasteiger partial charge in [0.05, 0.1) is 10.6 Å². The molecule has 3 aromatic rings.